The van der Waals surface area contributed by atoms with Crippen molar-refractivity contribution < 1.29 is 14.3 Å². The number of nitrogens with zero attached hydrogens (tertiary/aromatic N) is 1. The van der Waals surface area contributed by atoms with Crippen molar-refractivity contribution in [3.8, 4) is 0 Å². The number of hydrogen-bond donors (Lipinski definition) is 1. The van der Waals surface area contributed by atoms with Crippen molar-refractivity contribution in [1.82, 2.24) is 4.90 Å². The van der Waals surface area contributed by atoms with Crippen LogP contribution in [0, 0.1) is 0 Å². The lowest BCUT2D eigenvalue weighted by Crippen LogP contribution is -2.35. The molecule has 0 saturated carbocycles. The minimum Gasteiger partial charge on any atom is -0.466 e. The Bertz CT molecular complexity index is 230. The van der Waals surface area contributed by atoms with Crippen LogP contribution in [0.3, 0.4) is 0 Å². The van der Waals surface area contributed by atoms with Crippen molar-refractivity contribution in [1.29, 1.82) is 0 Å². The van der Waals surface area contributed by atoms with Gasteiger partial charge in [-0.25, -0.2) is 0 Å². The van der Waals surface area contributed by atoms with Gasteiger partial charge in [-0.1, -0.05) is 0 Å². The zero-order valence-electron chi connectivity index (χ0n) is 8.36. The number of nitrogens with two attached hydrogens (primary N) is 1. The van der Waals surface area contributed by atoms with Gasteiger partial charge in [0, 0.05) is 13.1 Å². The molecule has 2 N–H and O–H groups in total. The van der Waals surface area contributed by atoms with Crippen molar-refractivity contribution in [2.24, 2.45) is 5.73 Å². The van der Waals surface area contributed by atoms with E-state index in [9.17, 15) is 9.59 Å². The minimum atomic E-state index is -0.378. The van der Waals surface area contributed by atoms with Gasteiger partial charge in [0.15, 0.2) is 0 Å². The predicted molar refractivity (Wildman–Crippen MR) is 50.4 cm³/mol. The monoisotopic (exact) mass is 200 g/mol. The summed E-state index contributed by atoms with van der Waals surface area (Å²) in [5.74, 6) is -0.324. The first-order valence-corrected chi connectivity index (χ1v) is 4.85. The van der Waals surface area contributed by atoms with Crippen LogP contribution in [0.15, 0.2) is 0 Å². The Hall–Kier alpha value is -1.10. The van der Waals surface area contributed by atoms with Crippen molar-refractivity contribution in [2.45, 2.75) is 25.8 Å². The molecule has 0 spiro atoms. The first-order valence-electron chi connectivity index (χ1n) is 4.85. The number of ether oxygens (including phenoxy) is 1. The quantitative estimate of drug-likeness (QED) is 0.621. The summed E-state index contributed by atoms with van der Waals surface area (Å²) in [6.45, 7) is 3.21. The highest BCUT2D eigenvalue weighted by Gasteiger charge is 2.28. The van der Waals surface area contributed by atoms with Crippen LogP contribution in [0.25, 0.3) is 0 Å². The second-order valence-corrected chi connectivity index (χ2v) is 3.28. The third-order valence-corrected chi connectivity index (χ3v) is 2.23. The zero-order valence-corrected chi connectivity index (χ0v) is 8.36. The van der Waals surface area contributed by atoms with Gasteiger partial charge >= 0.3 is 5.97 Å². The molecule has 80 valence electrons. The van der Waals surface area contributed by atoms with Crippen LogP contribution in [0.1, 0.15) is 19.8 Å². The lowest BCUT2D eigenvalue weighted by atomic mass is 10.3. The van der Waals surface area contributed by atoms with Crippen LogP contribution >= 0.6 is 0 Å². The van der Waals surface area contributed by atoms with Gasteiger partial charge in [0.25, 0.3) is 0 Å². The Morgan fingerprint density at radius 2 is 2.43 bits per heavy atom. The van der Waals surface area contributed by atoms with Crippen molar-refractivity contribution in [3.05, 3.63) is 0 Å². The van der Waals surface area contributed by atoms with Gasteiger partial charge < -0.3 is 15.4 Å². The summed E-state index contributed by atoms with van der Waals surface area (Å²) in [6.07, 6.45) is 0.938. The lowest BCUT2D eigenvalue weighted by molar-refractivity contribution is -0.143. The van der Waals surface area contributed by atoms with Crippen LogP contribution in [0.5, 0.6) is 0 Å². The summed E-state index contributed by atoms with van der Waals surface area (Å²) in [6, 6.07) is -0.378. The number of carbonyl (C=O) groups is 2. The van der Waals surface area contributed by atoms with Crippen LogP contribution in [0.2, 0.25) is 0 Å². The molecule has 1 unspecified atom stereocenters. The maximum absolute atomic E-state index is 11.3. The van der Waals surface area contributed by atoms with Crippen LogP contribution in [-0.4, -0.2) is 42.5 Å². The first-order chi connectivity index (χ1) is 6.65. The molecular formula is C9H16N2O3. The summed E-state index contributed by atoms with van der Waals surface area (Å²) in [5, 5.41) is 0. The predicted octanol–water partition coefficient (Wildman–Crippen LogP) is -0.501. The van der Waals surface area contributed by atoms with Crippen molar-refractivity contribution in [2.75, 3.05) is 19.7 Å². The summed E-state index contributed by atoms with van der Waals surface area (Å²) < 4.78 is 4.76. The molecule has 0 aromatic rings. The second-order valence-electron chi connectivity index (χ2n) is 3.28. The summed E-state index contributed by atoms with van der Waals surface area (Å²) in [7, 11) is 0. The van der Waals surface area contributed by atoms with E-state index in [2.05, 4.69) is 0 Å². The van der Waals surface area contributed by atoms with E-state index in [1.54, 1.807) is 11.8 Å². The Kier molecular flexibility index (Phi) is 3.88. The van der Waals surface area contributed by atoms with Crippen molar-refractivity contribution in [3.63, 3.8) is 0 Å². The van der Waals surface area contributed by atoms with E-state index in [0.29, 0.717) is 26.1 Å². The van der Waals surface area contributed by atoms with Gasteiger partial charge in [-0.05, 0) is 13.3 Å². The molecule has 0 radical (unpaired) electrons. The fraction of sp³-hybridized carbons (Fsp3) is 0.778. The molecular weight excluding hydrogens is 184 g/mol. The highest BCUT2D eigenvalue weighted by molar-refractivity contribution is 5.84. The Morgan fingerprint density at radius 1 is 1.71 bits per heavy atom. The number of likely N-dealkylation sites (tertiary alicyclic amines) is 1. The molecule has 0 aliphatic carbocycles. The minimum absolute atomic E-state index is 0.0608. The van der Waals surface area contributed by atoms with E-state index in [0.717, 1.165) is 0 Å². The Labute approximate surface area is 83.2 Å². The maximum atomic E-state index is 11.3. The highest BCUT2D eigenvalue weighted by Crippen LogP contribution is 2.09. The van der Waals surface area contributed by atoms with Gasteiger partial charge in [0.05, 0.1) is 19.1 Å². The number of rotatable bonds is 4. The second kappa shape index (κ2) is 4.95. The van der Waals surface area contributed by atoms with Crippen LogP contribution < -0.4 is 5.73 Å². The molecule has 5 heteroatoms. The molecule has 1 rings (SSSR count). The largest absolute Gasteiger partial charge is 0.466 e. The van der Waals surface area contributed by atoms with E-state index in [4.69, 9.17) is 10.5 Å². The Balaban J connectivity index is 2.25. The summed E-state index contributed by atoms with van der Waals surface area (Å²) in [4.78, 5) is 23.9. The zero-order chi connectivity index (χ0) is 10.6. The molecule has 1 aliphatic heterocycles. The number of carbonyl (C=O) groups excluding carboxylic acids is 2. The molecule has 1 saturated heterocycles. The number of esters is 1. The molecule has 1 atom stereocenters. The van der Waals surface area contributed by atoms with E-state index < -0.39 is 0 Å². The molecule has 0 bridgehead atoms. The molecule has 0 aromatic carbocycles. The number of amides is 1. The van der Waals surface area contributed by atoms with E-state index >= 15 is 0 Å². The van der Waals surface area contributed by atoms with Gasteiger partial charge in [-0.15, -0.1) is 0 Å². The first kappa shape index (κ1) is 11.0. The lowest BCUT2D eigenvalue weighted by Gasteiger charge is -2.14. The molecule has 1 aliphatic rings. The van der Waals surface area contributed by atoms with E-state index in [1.165, 1.54) is 0 Å². The van der Waals surface area contributed by atoms with Gasteiger partial charge in [0.2, 0.25) is 5.91 Å². The van der Waals surface area contributed by atoms with Gasteiger partial charge in [-0.2, -0.15) is 0 Å². The van der Waals surface area contributed by atoms with Crippen molar-refractivity contribution >= 4 is 11.9 Å². The third-order valence-electron chi connectivity index (χ3n) is 2.23. The maximum Gasteiger partial charge on any atom is 0.307 e. The summed E-state index contributed by atoms with van der Waals surface area (Å²) >= 11 is 0. The number of hydrogen-bond acceptors (Lipinski definition) is 4. The third kappa shape index (κ3) is 2.70. The SMILES string of the molecule is CCOC(=O)CCN1CCC(N)C1=O. The smallest absolute Gasteiger partial charge is 0.307 e. The average Bonchev–Trinajstić information content (AvgIpc) is 2.46. The molecule has 1 fully saturated rings. The normalized spacial score (nSPS) is 21.4. The van der Waals surface area contributed by atoms with Gasteiger partial charge in [-0.3, -0.25) is 9.59 Å². The van der Waals surface area contributed by atoms with Crippen LogP contribution in [0.4, 0.5) is 0 Å². The van der Waals surface area contributed by atoms with Crippen LogP contribution in [-0.2, 0) is 14.3 Å². The fourth-order valence-electron chi connectivity index (χ4n) is 1.44. The topological polar surface area (TPSA) is 72.6 Å². The molecule has 14 heavy (non-hydrogen) atoms. The molecule has 0 aromatic heterocycles. The van der Waals surface area contributed by atoms with E-state index in [1.807, 2.05) is 0 Å². The standard InChI is InChI=1S/C9H16N2O3/c1-2-14-8(12)4-6-11-5-3-7(10)9(11)13/h7H,2-6,10H2,1H3. The fourth-order valence-corrected chi connectivity index (χ4v) is 1.44. The Morgan fingerprint density at radius 3 is 2.93 bits per heavy atom. The molecule has 1 heterocycles. The van der Waals surface area contributed by atoms with Gasteiger partial charge in [0.1, 0.15) is 0 Å². The van der Waals surface area contributed by atoms with E-state index in [-0.39, 0.29) is 24.3 Å². The summed E-state index contributed by atoms with van der Waals surface area (Å²) in [5.41, 5.74) is 5.53. The molecule has 5 nitrogen and oxygen atoms in total. The average molecular weight is 200 g/mol. The highest BCUT2D eigenvalue weighted by atomic mass is 16.5. The molecule has 1 amide bonds.